The van der Waals surface area contributed by atoms with Gasteiger partial charge in [0.05, 0.1) is 12.1 Å². The fourth-order valence-corrected chi connectivity index (χ4v) is 1.82. The summed E-state index contributed by atoms with van der Waals surface area (Å²) >= 11 is 0. The van der Waals surface area contributed by atoms with E-state index in [1.165, 1.54) is 0 Å². The number of hydrogen-bond acceptors (Lipinski definition) is 2. The predicted octanol–water partition coefficient (Wildman–Crippen LogP) is 4.18. The highest BCUT2D eigenvalue weighted by Crippen LogP contribution is 2.35. The second kappa shape index (κ2) is 7.05. The van der Waals surface area contributed by atoms with Gasteiger partial charge in [-0.15, -0.1) is 5.54 Å². The van der Waals surface area contributed by atoms with Crippen molar-refractivity contribution in [3.63, 3.8) is 0 Å². The molecule has 0 spiro atoms. The molecule has 0 bridgehead atoms. The van der Waals surface area contributed by atoms with Crippen molar-refractivity contribution in [1.29, 1.82) is 10.5 Å². The van der Waals surface area contributed by atoms with E-state index in [0.717, 1.165) is 6.42 Å². The second-order valence-corrected chi connectivity index (χ2v) is 10.9. The van der Waals surface area contributed by atoms with E-state index >= 15 is 0 Å². The highest BCUT2D eigenvalue weighted by atomic mass is 28.3. The van der Waals surface area contributed by atoms with E-state index in [1.807, 2.05) is 0 Å². The molecule has 0 unspecified atom stereocenters. The van der Waals surface area contributed by atoms with E-state index in [4.69, 9.17) is 10.5 Å². The first kappa shape index (κ1) is 16.5. The van der Waals surface area contributed by atoms with E-state index in [-0.39, 0.29) is 5.04 Å². The summed E-state index contributed by atoms with van der Waals surface area (Å²) in [4.78, 5) is 0. The SMILES string of the molecule is CC(C)(C)[Si](C)(C)C#C/C=C(\C#N)CCCC#N. The molecule has 96 valence electrons. The van der Waals surface area contributed by atoms with Gasteiger partial charge in [0, 0.05) is 18.1 Å². The van der Waals surface area contributed by atoms with Crippen LogP contribution in [0, 0.1) is 34.1 Å². The Kier molecular flexibility index (Phi) is 6.46. The van der Waals surface area contributed by atoms with Crippen LogP contribution in [0.1, 0.15) is 40.0 Å². The molecule has 0 atom stereocenters. The maximum absolute atomic E-state index is 8.96. The smallest absolute Gasteiger partial charge is 0.138 e. The van der Waals surface area contributed by atoms with Crippen molar-refractivity contribution < 1.29 is 0 Å². The molecule has 0 heterocycles. The first-order chi connectivity index (χ1) is 8.24. The molecule has 0 saturated heterocycles. The Bertz CT molecular complexity index is 442. The van der Waals surface area contributed by atoms with Gasteiger partial charge in [-0.3, -0.25) is 0 Å². The van der Waals surface area contributed by atoms with Crippen molar-refractivity contribution >= 4 is 8.07 Å². The molecule has 0 aromatic heterocycles. The topological polar surface area (TPSA) is 47.6 Å². The van der Waals surface area contributed by atoms with E-state index in [1.54, 1.807) is 6.08 Å². The summed E-state index contributed by atoms with van der Waals surface area (Å²) in [5.74, 6) is 3.05. The van der Waals surface area contributed by atoms with Crippen LogP contribution in [0.25, 0.3) is 0 Å². The zero-order chi connectivity index (χ0) is 14.2. The van der Waals surface area contributed by atoms with Crippen LogP contribution in [-0.2, 0) is 0 Å². The van der Waals surface area contributed by atoms with Crippen molar-refractivity contribution in [3.8, 4) is 23.6 Å². The summed E-state index contributed by atoms with van der Waals surface area (Å²) < 4.78 is 0. The summed E-state index contributed by atoms with van der Waals surface area (Å²) in [6, 6.07) is 4.23. The molecule has 2 nitrogen and oxygen atoms in total. The van der Waals surface area contributed by atoms with Crippen LogP contribution in [0.4, 0.5) is 0 Å². The van der Waals surface area contributed by atoms with Crippen molar-refractivity contribution in [2.45, 2.75) is 58.2 Å². The molecule has 0 saturated carbocycles. The fourth-order valence-electron chi connectivity index (χ4n) is 1.01. The molecular formula is C15H22N2Si. The van der Waals surface area contributed by atoms with Crippen LogP contribution < -0.4 is 0 Å². The number of nitriles is 2. The zero-order valence-electron chi connectivity index (χ0n) is 12.1. The molecule has 0 aliphatic carbocycles. The number of hydrogen-bond donors (Lipinski definition) is 0. The number of nitrogens with zero attached hydrogens (tertiary/aromatic N) is 2. The molecule has 0 aliphatic heterocycles. The second-order valence-electron chi connectivity index (χ2n) is 5.94. The van der Waals surface area contributed by atoms with E-state index in [9.17, 15) is 0 Å². The minimum Gasteiger partial charge on any atom is -0.198 e. The molecule has 0 N–H and O–H groups in total. The lowest BCUT2D eigenvalue weighted by atomic mass is 10.1. The summed E-state index contributed by atoms with van der Waals surface area (Å²) in [7, 11) is -1.59. The zero-order valence-corrected chi connectivity index (χ0v) is 13.1. The number of rotatable bonds is 3. The van der Waals surface area contributed by atoms with Gasteiger partial charge in [-0.2, -0.15) is 10.5 Å². The lowest BCUT2D eigenvalue weighted by Gasteiger charge is -2.31. The van der Waals surface area contributed by atoms with E-state index < -0.39 is 8.07 Å². The normalized spacial score (nSPS) is 12.1. The van der Waals surface area contributed by atoms with Gasteiger partial charge in [0.1, 0.15) is 8.07 Å². The molecule has 0 amide bonds. The first-order valence-electron chi connectivity index (χ1n) is 6.23. The van der Waals surface area contributed by atoms with E-state index in [0.29, 0.717) is 18.4 Å². The van der Waals surface area contributed by atoms with Crippen molar-refractivity contribution in [1.82, 2.24) is 0 Å². The van der Waals surface area contributed by atoms with Gasteiger partial charge in [-0.1, -0.05) is 39.8 Å². The molecule has 0 aliphatic rings. The van der Waals surface area contributed by atoms with Gasteiger partial charge in [0.25, 0.3) is 0 Å². The molecule has 3 heteroatoms. The van der Waals surface area contributed by atoms with Crippen LogP contribution in [0.5, 0.6) is 0 Å². The third-order valence-electron chi connectivity index (χ3n) is 3.38. The van der Waals surface area contributed by atoms with Crippen LogP contribution in [0.3, 0.4) is 0 Å². The van der Waals surface area contributed by atoms with Crippen molar-refractivity contribution in [2.24, 2.45) is 0 Å². The van der Waals surface area contributed by atoms with Gasteiger partial charge >= 0.3 is 0 Å². The molecule has 0 rings (SSSR count). The molecule has 0 radical (unpaired) electrons. The van der Waals surface area contributed by atoms with Crippen molar-refractivity contribution in [3.05, 3.63) is 11.6 Å². The number of unbranched alkanes of at least 4 members (excludes halogenated alkanes) is 1. The average Bonchev–Trinajstić information content (AvgIpc) is 2.25. The monoisotopic (exact) mass is 258 g/mol. The molecular weight excluding hydrogens is 236 g/mol. The minimum atomic E-state index is -1.59. The number of allylic oxidation sites excluding steroid dienone is 2. The quantitative estimate of drug-likeness (QED) is 0.330. The maximum Gasteiger partial charge on any atom is 0.138 e. The minimum absolute atomic E-state index is 0.238. The molecule has 0 aromatic carbocycles. The summed E-state index contributed by atoms with van der Waals surface area (Å²) in [6.45, 7) is 11.1. The van der Waals surface area contributed by atoms with Gasteiger partial charge in [0.2, 0.25) is 0 Å². The molecule has 18 heavy (non-hydrogen) atoms. The van der Waals surface area contributed by atoms with Crippen LogP contribution in [0.15, 0.2) is 11.6 Å². The Morgan fingerprint density at radius 2 is 1.83 bits per heavy atom. The summed E-state index contributed by atoms with van der Waals surface area (Å²) in [5, 5.41) is 17.6. The standard InChI is InChI=1S/C15H22N2Si/c1-15(2,3)18(4,5)12-8-10-14(13-17)9-6-7-11-16/h10H,6-7,9H2,1-5H3/b14-10-. The van der Waals surface area contributed by atoms with Crippen molar-refractivity contribution in [2.75, 3.05) is 0 Å². The Morgan fingerprint density at radius 1 is 1.22 bits per heavy atom. The van der Waals surface area contributed by atoms with Gasteiger partial charge < -0.3 is 0 Å². The highest BCUT2D eigenvalue weighted by molar-refractivity contribution is 6.87. The third-order valence-corrected chi connectivity index (χ3v) is 7.90. The predicted molar refractivity (Wildman–Crippen MR) is 78.1 cm³/mol. The maximum atomic E-state index is 8.96. The van der Waals surface area contributed by atoms with Crippen LogP contribution in [-0.4, -0.2) is 8.07 Å². The van der Waals surface area contributed by atoms with Gasteiger partial charge in [-0.05, 0) is 17.9 Å². The lowest BCUT2D eigenvalue weighted by molar-refractivity contribution is 0.731. The molecule has 0 aromatic rings. The van der Waals surface area contributed by atoms with Crippen LogP contribution in [0.2, 0.25) is 18.1 Å². The van der Waals surface area contributed by atoms with Crippen LogP contribution >= 0.6 is 0 Å². The Balaban J connectivity index is 4.72. The average molecular weight is 258 g/mol. The Morgan fingerprint density at radius 3 is 2.28 bits per heavy atom. The fraction of sp³-hybridized carbons (Fsp3) is 0.600. The largest absolute Gasteiger partial charge is 0.198 e. The Labute approximate surface area is 112 Å². The lowest BCUT2D eigenvalue weighted by Crippen LogP contribution is -2.35. The molecule has 0 fully saturated rings. The Hall–Kier alpha value is -1.50. The van der Waals surface area contributed by atoms with Gasteiger partial charge in [0.15, 0.2) is 0 Å². The highest BCUT2D eigenvalue weighted by Gasteiger charge is 2.33. The summed E-state index contributed by atoms with van der Waals surface area (Å²) in [6.07, 6.45) is 3.60. The third kappa shape index (κ3) is 5.71. The van der Waals surface area contributed by atoms with E-state index in [2.05, 4.69) is 57.5 Å². The first-order valence-corrected chi connectivity index (χ1v) is 9.23. The van der Waals surface area contributed by atoms with Gasteiger partial charge in [-0.25, -0.2) is 0 Å². The summed E-state index contributed by atoms with van der Waals surface area (Å²) in [5.41, 5.74) is 4.03.